The largest absolute Gasteiger partial charge is 0.347 e. The minimum absolute atomic E-state index is 0.242. The zero-order valence-corrected chi connectivity index (χ0v) is 13.6. The maximum Gasteiger partial charge on any atom is 0.244 e. The molecule has 24 heavy (non-hydrogen) atoms. The molecule has 0 spiro atoms. The quantitative estimate of drug-likeness (QED) is 0.706. The van der Waals surface area contributed by atoms with Crippen LogP contribution >= 0.6 is 11.3 Å². The molecule has 0 aliphatic carbocycles. The van der Waals surface area contributed by atoms with Crippen LogP contribution in [-0.4, -0.2) is 10.9 Å². The van der Waals surface area contributed by atoms with Gasteiger partial charge in [0.15, 0.2) is 0 Å². The van der Waals surface area contributed by atoms with Crippen molar-refractivity contribution in [1.29, 1.82) is 0 Å². The molecular weight excluding hydrogens is 323 g/mol. The minimum atomic E-state index is -0.325. The fourth-order valence-corrected chi connectivity index (χ4v) is 2.95. The van der Waals surface area contributed by atoms with Crippen molar-refractivity contribution in [2.75, 3.05) is 0 Å². The fraction of sp³-hybridized carbons (Fsp3) is 0.0526. The van der Waals surface area contributed by atoms with Crippen molar-refractivity contribution in [2.45, 2.75) is 6.54 Å². The Bertz CT molecular complexity index is 859. The van der Waals surface area contributed by atoms with Gasteiger partial charge in [0.05, 0.1) is 12.2 Å². The van der Waals surface area contributed by atoms with Crippen LogP contribution in [0, 0.1) is 5.82 Å². The number of hydrogen-bond acceptors (Lipinski definition) is 3. The van der Waals surface area contributed by atoms with Crippen LogP contribution in [0.5, 0.6) is 0 Å². The molecule has 0 unspecified atom stereocenters. The molecule has 0 saturated carbocycles. The Morgan fingerprint density at radius 1 is 1.17 bits per heavy atom. The molecule has 0 aliphatic heterocycles. The van der Waals surface area contributed by atoms with Crippen LogP contribution in [0.25, 0.3) is 16.6 Å². The summed E-state index contributed by atoms with van der Waals surface area (Å²) in [5.74, 6) is -0.568. The number of amides is 1. The summed E-state index contributed by atoms with van der Waals surface area (Å²) in [4.78, 5) is 16.3. The Hall–Kier alpha value is -2.79. The highest BCUT2D eigenvalue weighted by atomic mass is 32.1. The molecule has 1 heterocycles. The third-order valence-corrected chi connectivity index (χ3v) is 4.23. The number of nitrogens with one attached hydrogen (secondary N) is 1. The van der Waals surface area contributed by atoms with Crippen LogP contribution in [0.1, 0.15) is 11.3 Å². The van der Waals surface area contributed by atoms with E-state index < -0.39 is 0 Å². The van der Waals surface area contributed by atoms with Crippen LogP contribution in [-0.2, 0) is 11.3 Å². The molecule has 3 rings (SSSR count). The van der Waals surface area contributed by atoms with Crippen molar-refractivity contribution < 1.29 is 9.18 Å². The van der Waals surface area contributed by atoms with E-state index in [9.17, 15) is 9.18 Å². The molecule has 0 bridgehead atoms. The normalized spacial score (nSPS) is 10.9. The molecule has 0 atom stereocenters. The Kier molecular flexibility index (Phi) is 5.13. The summed E-state index contributed by atoms with van der Waals surface area (Å²) in [6, 6.07) is 16.0. The second-order valence-electron chi connectivity index (χ2n) is 5.12. The van der Waals surface area contributed by atoms with E-state index in [1.807, 2.05) is 35.7 Å². The first-order chi connectivity index (χ1) is 11.7. The molecule has 1 aromatic heterocycles. The highest BCUT2D eigenvalue weighted by molar-refractivity contribution is 7.13. The molecule has 3 aromatic rings. The maximum atomic E-state index is 13.1. The van der Waals surface area contributed by atoms with Gasteiger partial charge in [-0.15, -0.1) is 11.3 Å². The van der Waals surface area contributed by atoms with E-state index in [0.29, 0.717) is 12.1 Å². The summed E-state index contributed by atoms with van der Waals surface area (Å²) in [7, 11) is 0. The van der Waals surface area contributed by atoms with Crippen LogP contribution in [0.3, 0.4) is 0 Å². The summed E-state index contributed by atoms with van der Waals surface area (Å²) in [6.07, 6.45) is 2.97. The summed E-state index contributed by atoms with van der Waals surface area (Å²) in [5, 5.41) is 5.63. The van der Waals surface area contributed by atoms with Crippen molar-refractivity contribution in [3.8, 4) is 10.6 Å². The molecule has 5 heteroatoms. The smallest absolute Gasteiger partial charge is 0.244 e. The number of halogens is 1. The van der Waals surface area contributed by atoms with Gasteiger partial charge in [0.1, 0.15) is 10.8 Å². The van der Waals surface area contributed by atoms with E-state index in [1.165, 1.54) is 18.2 Å². The lowest BCUT2D eigenvalue weighted by Crippen LogP contribution is -2.20. The van der Waals surface area contributed by atoms with Gasteiger partial charge in [0.25, 0.3) is 0 Å². The van der Waals surface area contributed by atoms with E-state index in [2.05, 4.69) is 10.3 Å². The predicted octanol–water partition coefficient (Wildman–Crippen LogP) is 4.28. The molecule has 120 valence electrons. The minimum Gasteiger partial charge on any atom is -0.347 e. The lowest BCUT2D eigenvalue weighted by atomic mass is 10.2. The van der Waals surface area contributed by atoms with Gasteiger partial charge in [-0.1, -0.05) is 42.5 Å². The number of hydrogen-bond donors (Lipinski definition) is 1. The van der Waals surface area contributed by atoms with E-state index >= 15 is 0 Å². The molecule has 0 radical (unpaired) electrons. The van der Waals surface area contributed by atoms with Crippen molar-refractivity contribution in [3.05, 3.63) is 83.1 Å². The van der Waals surface area contributed by atoms with Gasteiger partial charge in [-0.05, 0) is 23.8 Å². The Morgan fingerprint density at radius 3 is 2.79 bits per heavy atom. The number of rotatable bonds is 5. The molecule has 1 N–H and O–H groups in total. The maximum absolute atomic E-state index is 13.1. The molecule has 1 amide bonds. The first-order valence-corrected chi connectivity index (χ1v) is 8.30. The topological polar surface area (TPSA) is 42.0 Å². The van der Waals surface area contributed by atoms with E-state index in [-0.39, 0.29) is 11.7 Å². The third kappa shape index (κ3) is 4.36. The monoisotopic (exact) mass is 338 g/mol. The van der Waals surface area contributed by atoms with E-state index in [4.69, 9.17) is 0 Å². The number of carbonyl (C=O) groups excluding carboxylic acids is 1. The van der Waals surface area contributed by atoms with Crippen LogP contribution in [0.2, 0.25) is 0 Å². The average Bonchev–Trinajstić information content (AvgIpc) is 3.08. The Morgan fingerprint density at radius 2 is 2.00 bits per heavy atom. The lowest BCUT2D eigenvalue weighted by molar-refractivity contribution is -0.116. The summed E-state index contributed by atoms with van der Waals surface area (Å²) >= 11 is 1.54. The fourth-order valence-electron chi connectivity index (χ4n) is 2.12. The van der Waals surface area contributed by atoms with E-state index in [0.717, 1.165) is 16.3 Å². The van der Waals surface area contributed by atoms with Gasteiger partial charge in [-0.3, -0.25) is 4.79 Å². The van der Waals surface area contributed by atoms with Crippen LogP contribution < -0.4 is 5.32 Å². The zero-order valence-electron chi connectivity index (χ0n) is 12.8. The number of nitrogens with zero attached hydrogens (tertiary/aromatic N) is 1. The number of benzene rings is 2. The molecule has 0 fully saturated rings. The van der Waals surface area contributed by atoms with Gasteiger partial charge in [0, 0.05) is 17.0 Å². The second-order valence-corrected chi connectivity index (χ2v) is 5.97. The molecule has 0 aliphatic rings. The van der Waals surface area contributed by atoms with Gasteiger partial charge >= 0.3 is 0 Å². The second kappa shape index (κ2) is 7.66. The van der Waals surface area contributed by atoms with Crippen molar-refractivity contribution in [3.63, 3.8) is 0 Å². The molecule has 3 nitrogen and oxygen atoms in total. The molecule has 2 aromatic carbocycles. The highest BCUT2D eigenvalue weighted by Crippen LogP contribution is 2.23. The number of thiazole rings is 1. The predicted molar refractivity (Wildman–Crippen MR) is 94.8 cm³/mol. The summed E-state index contributed by atoms with van der Waals surface area (Å²) in [6.45, 7) is 0.357. The van der Waals surface area contributed by atoms with E-state index in [1.54, 1.807) is 29.5 Å². The first-order valence-electron chi connectivity index (χ1n) is 7.42. The lowest BCUT2D eigenvalue weighted by Gasteiger charge is -1.99. The zero-order chi connectivity index (χ0) is 16.8. The Labute approximate surface area is 143 Å². The van der Waals surface area contributed by atoms with Gasteiger partial charge < -0.3 is 5.32 Å². The van der Waals surface area contributed by atoms with Gasteiger partial charge in [-0.25, -0.2) is 9.37 Å². The average molecular weight is 338 g/mol. The summed E-state index contributed by atoms with van der Waals surface area (Å²) < 4.78 is 13.1. The van der Waals surface area contributed by atoms with Crippen molar-refractivity contribution >= 4 is 23.3 Å². The van der Waals surface area contributed by atoms with Gasteiger partial charge in [-0.2, -0.15) is 0 Å². The third-order valence-electron chi connectivity index (χ3n) is 3.29. The van der Waals surface area contributed by atoms with Crippen molar-refractivity contribution in [2.24, 2.45) is 0 Å². The van der Waals surface area contributed by atoms with Crippen LogP contribution in [0.15, 0.2) is 66.1 Å². The Balaban J connectivity index is 1.56. The highest BCUT2D eigenvalue weighted by Gasteiger charge is 2.05. The van der Waals surface area contributed by atoms with Crippen molar-refractivity contribution in [1.82, 2.24) is 10.3 Å². The summed E-state index contributed by atoms with van der Waals surface area (Å²) in [5.41, 5.74) is 2.52. The number of carbonyl (C=O) groups is 1. The van der Waals surface area contributed by atoms with Crippen LogP contribution in [0.4, 0.5) is 4.39 Å². The standard InChI is InChI=1S/C19H15FN2OS/c20-16-8-4-5-14(11-16)9-10-18(23)21-12-17-13-24-19(22-17)15-6-2-1-3-7-15/h1-11,13H,12H2,(H,21,23)/b10-9+. The number of aromatic nitrogens is 1. The molecular formula is C19H15FN2OS. The SMILES string of the molecule is O=C(/C=C/c1cccc(F)c1)NCc1csc(-c2ccccc2)n1. The first kappa shape index (κ1) is 16.1. The molecule has 0 saturated heterocycles. The van der Waals surface area contributed by atoms with Gasteiger partial charge in [0.2, 0.25) is 5.91 Å².